The number of rotatable bonds is 5. The molecule has 0 aliphatic heterocycles. The fourth-order valence-corrected chi connectivity index (χ4v) is 2.63. The molecule has 0 aromatic carbocycles. The Bertz CT molecular complexity index is 495. The summed E-state index contributed by atoms with van der Waals surface area (Å²) in [7, 11) is 2.07. The first-order valence-electron chi connectivity index (χ1n) is 5.97. The standard InChI is InChI=1S/C13H18N4S/c1-10-12(9-14)18-13(16-10)17(2)8-5-11-3-6-15-7-4-11/h3-4,6-7H,5,8-9,14H2,1-2H3. The maximum Gasteiger partial charge on any atom is 0.185 e. The highest BCUT2D eigenvalue weighted by atomic mass is 32.1. The van der Waals surface area contributed by atoms with E-state index in [0.29, 0.717) is 6.54 Å². The van der Waals surface area contributed by atoms with Gasteiger partial charge in [0.05, 0.1) is 5.69 Å². The van der Waals surface area contributed by atoms with E-state index >= 15 is 0 Å². The molecule has 0 bridgehead atoms. The molecule has 96 valence electrons. The first-order chi connectivity index (χ1) is 8.70. The molecule has 0 fully saturated rings. The molecule has 4 nitrogen and oxygen atoms in total. The topological polar surface area (TPSA) is 55.0 Å². The fraction of sp³-hybridized carbons (Fsp3) is 0.385. The van der Waals surface area contributed by atoms with Gasteiger partial charge in [-0.15, -0.1) is 11.3 Å². The average molecular weight is 262 g/mol. The van der Waals surface area contributed by atoms with Crippen molar-refractivity contribution in [2.45, 2.75) is 19.9 Å². The lowest BCUT2D eigenvalue weighted by molar-refractivity contribution is 0.867. The number of hydrogen-bond acceptors (Lipinski definition) is 5. The Morgan fingerprint density at radius 3 is 2.67 bits per heavy atom. The molecule has 2 aromatic rings. The minimum Gasteiger partial charge on any atom is -0.351 e. The van der Waals surface area contributed by atoms with E-state index in [1.165, 1.54) is 10.4 Å². The highest BCUT2D eigenvalue weighted by Gasteiger charge is 2.09. The van der Waals surface area contributed by atoms with E-state index < -0.39 is 0 Å². The van der Waals surface area contributed by atoms with Crippen LogP contribution in [0.3, 0.4) is 0 Å². The Labute approximate surface area is 111 Å². The molecule has 5 heteroatoms. The fourth-order valence-electron chi connectivity index (χ4n) is 1.71. The third-order valence-electron chi connectivity index (χ3n) is 2.88. The smallest absolute Gasteiger partial charge is 0.185 e. The van der Waals surface area contributed by atoms with Crippen molar-refractivity contribution < 1.29 is 0 Å². The molecule has 2 heterocycles. The highest BCUT2D eigenvalue weighted by Crippen LogP contribution is 2.24. The van der Waals surface area contributed by atoms with Crippen molar-refractivity contribution >= 4 is 16.5 Å². The molecular formula is C13H18N4S. The number of hydrogen-bond donors (Lipinski definition) is 1. The van der Waals surface area contributed by atoms with Crippen molar-refractivity contribution in [1.82, 2.24) is 9.97 Å². The Kier molecular flexibility index (Phi) is 4.28. The van der Waals surface area contributed by atoms with Crippen LogP contribution in [0.2, 0.25) is 0 Å². The number of nitrogens with two attached hydrogens (primary N) is 1. The van der Waals surface area contributed by atoms with Crippen molar-refractivity contribution in [3.05, 3.63) is 40.7 Å². The Balaban J connectivity index is 1.97. The number of thiazole rings is 1. The Hall–Kier alpha value is -1.46. The van der Waals surface area contributed by atoms with Gasteiger partial charge in [0.2, 0.25) is 0 Å². The van der Waals surface area contributed by atoms with Crippen LogP contribution in [-0.2, 0) is 13.0 Å². The van der Waals surface area contributed by atoms with Crippen LogP contribution in [0, 0.1) is 6.92 Å². The first kappa shape index (κ1) is 13.0. The summed E-state index contributed by atoms with van der Waals surface area (Å²) in [4.78, 5) is 11.9. The summed E-state index contributed by atoms with van der Waals surface area (Å²) >= 11 is 1.68. The monoisotopic (exact) mass is 262 g/mol. The Morgan fingerprint density at radius 2 is 2.06 bits per heavy atom. The third-order valence-corrected chi connectivity index (χ3v) is 4.17. The molecular weight excluding hydrogens is 244 g/mol. The molecule has 0 saturated heterocycles. The predicted molar refractivity (Wildman–Crippen MR) is 76.0 cm³/mol. The number of anilines is 1. The summed E-state index contributed by atoms with van der Waals surface area (Å²) in [5.74, 6) is 0. The van der Waals surface area contributed by atoms with Gasteiger partial charge in [0, 0.05) is 37.4 Å². The van der Waals surface area contributed by atoms with E-state index in [1.807, 2.05) is 31.5 Å². The summed E-state index contributed by atoms with van der Waals surface area (Å²) in [6, 6.07) is 4.10. The number of nitrogens with zero attached hydrogens (tertiary/aromatic N) is 3. The van der Waals surface area contributed by atoms with E-state index in [4.69, 9.17) is 5.73 Å². The Morgan fingerprint density at radius 1 is 1.33 bits per heavy atom. The van der Waals surface area contributed by atoms with Crippen LogP contribution in [0.25, 0.3) is 0 Å². The maximum absolute atomic E-state index is 5.67. The largest absolute Gasteiger partial charge is 0.351 e. The third kappa shape index (κ3) is 3.05. The second-order valence-electron chi connectivity index (χ2n) is 4.24. The number of aryl methyl sites for hydroxylation is 1. The molecule has 0 unspecified atom stereocenters. The van der Waals surface area contributed by atoms with E-state index in [9.17, 15) is 0 Å². The number of pyridine rings is 1. The molecule has 0 atom stereocenters. The molecule has 0 aliphatic rings. The average Bonchev–Trinajstić information content (AvgIpc) is 2.78. The zero-order valence-electron chi connectivity index (χ0n) is 10.8. The van der Waals surface area contributed by atoms with E-state index in [2.05, 4.69) is 21.9 Å². The van der Waals surface area contributed by atoms with Gasteiger partial charge in [0.1, 0.15) is 0 Å². The van der Waals surface area contributed by atoms with Crippen molar-refractivity contribution in [1.29, 1.82) is 0 Å². The summed E-state index contributed by atoms with van der Waals surface area (Å²) in [6.07, 6.45) is 4.65. The number of likely N-dealkylation sites (N-methyl/N-ethyl adjacent to an activating group) is 1. The van der Waals surface area contributed by atoms with Crippen molar-refractivity contribution in [2.24, 2.45) is 5.73 Å². The van der Waals surface area contributed by atoms with E-state index in [1.54, 1.807) is 11.3 Å². The summed E-state index contributed by atoms with van der Waals surface area (Å²) in [5, 5.41) is 1.04. The molecule has 2 rings (SSSR count). The molecule has 0 amide bonds. The lowest BCUT2D eigenvalue weighted by Crippen LogP contribution is -2.20. The molecule has 0 aliphatic carbocycles. The minimum atomic E-state index is 0.571. The van der Waals surface area contributed by atoms with Gasteiger partial charge < -0.3 is 10.6 Å². The first-order valence-corrected chi connectivity index (χ1v) is 6.78. The molecule has 0 radical (unpaired) electrons. The van der Waals surface area contributed by atoms with Gasteiger partial charge in [-0.3, -0.25) is 4.98 Å². The van der Waals surface area contributed by atoms with Crippen LogP contribution in [-0.4, -0.2) is 23.6 Å². The normalized spacial score (nSPS) is 10.6. The van der Waals surface area contributed by atoms with Gasteiger partial charge in [-0.05, 0) is 31.0 Å². The van der Waals surface area contributed by atoms with Crippen LogP contribution in [0.5, 0.6) is 0 Å². The van der Waals surface area contributed by atoms with Gasteiger partial charge in [-0.2, -0.15) is 0 Å². The summed E-state index contributed by atoms with van der Waals surface area (Å²) < 4.78 is 0. The molecule has 0 spiro atoms. The quantitative estimate of drug-likeness (QED) is 0.895. The zero-order valence-corrected chi connectivity index (χ0v) is 11.6. The minimum absolute atomic E-state index is 0.571. The zero-order chi connectivity index (χ0) is 13.0. The predicted octanol–water partition coefficient (Wildman–Crippen LogP) is 1.98. The van der Waals surface area contributed by atoms with Crippen molar-refractivity contribution in [3.8, 4) is 0 Å². The van der Waals surface area contributed by atoms with Crippen molar-refractivity contribution in [2.75, 3.05) is 18.5 Å². The van der Waals surface area contributed by atoms with E-state index in [-0.39, 0.29) is 0 Å². The molecule has 18 heavy (non-hydrogen) atoms. The SMILES string of the molecule is Cc1nc(N(C)CCc2ccncc2)sc1CN. The van der Waals surface area contributed by atoms with Crippen molar-refractivity contribution in [3.63, 3.8) is 0 Å². The van der Waals surface area contributed by atoms with E-state index in [0.717, 1.165) is 23.8 Å². The molecule has 0 saturated carbocycles. The van der Waals surface area contributed by atoms with Crippen LogP contribution < -0.4 is 10.6 Å². The van der Waals surface area contributed by atoms with Gasteiger partial charge in [0.15, 0.2) is 5.13 Å². The highest BCUT2D eigenvalue weighted by molar-refractivity contribution is 7.15. The van der Waals surface area contributed by atoms with Gasteiger partial charge in [0.25, 0.3) is 0 Å². The second-order valence-corrected chi connectivity index (χ2v) is 5.30. The summed E-state index contributed by atoms with van der Waals surface area (Å²) in [6.45, 7) is 3.53. The lowest BCUT2D eigenvalue weighted by atomic mass is 10.2. The summed E-state index contributed by atoms with van der Waals surface area (Å²) in [5.41, 5.74) is 8.02. The van der Waals surface area contributed by atoms with Crippen LogP contribution in [0.1, 0.15) is 16.1 Å². The lowest BCUT2D eigenvalue weighted by Gasteiger charge is -2.15. The van der Waals surface area contributed by atoms with Crippen LogP contribution >= 0.6 is 11.3 Å². The number of aromatic nitrogens is 2. The van der Waals surface area contributed by atoms with Gasteiger partial charge in [-0.1, -0.05) is 0 Å². The van der Waals surface area contributed by atoms with Crippen LogP contribution in [0.4, 0.5) is 5.13 Å². The molecule has 2 aromatic heterocycles. The molecule has 2 N–H and O–H groups in total. The van der Waals surface area contributed by atoms with Crippen LogP contribution in [0.15, 0.2) is 24.5 Å². The van der Waals surface area contributed by atoms with Gasteiger partial charge >= 0.3 is 0 Å². The van der Waals surface area contributed by atoms with Gasteiger partial charge in [-0.25, -0.2) is 4.98 Å². The maximum atomic E-state index is 5.67. The second kappa shape index (κ2) is 5.93.